The molecule has 3 N–H and O–H groups in total. The molecule has 0 fully saturated rings. The molecule has 1 aromatic carbocycles. The Morgan fingerprint density at radius 2 is 2.26 bits per heavy atom. The van der Waals surface area contributed by atoms with Crippen molar-refractivity contribution in [2.45, 2.75) is 18.2 Å². The van der Waals surface area contributed by atoms with Crippen LogP contribution in [0.2, 0.25) is 5.02 Å². The van der Waals surface area contributed by atoms with E-state index >= 15 is 0 Å². The maximum Gasteiger partial charge on any atom is 0.320 e. The highest BCUT2D eigenvalue weighted by Gasteiger charge is 2.15. The van der Waals surface area contributed by atoms with E-state index in [1.165, 1.54) is 17.8 Å². The Balaban J connectivity index is 2.54. The van der Waals surface area contributed by atoms with Gasteiger partial charge in [-0.15, -0.1) is 0 Å². The predicted molar refractivity (Wildman–Crippen MR) is 74.5 cm³/mol. The van der Waals surface area contributed by atoms with Crippen molar-refractivity contribution in [3.63, 3.8) is 0 Å². The molecule has 1 rings (SSSR count). The number of rotatable bonds is 7. The zero-order valence-corrected chi connectivity index (χ0v) is 11.5. The van der Waals surface area contributed by atoms with Gasteiger partial charge < -0.3 is 10.8 Å². The van der Waals surface area contributed by atoms with Crippen LogP contribution in [0.5, 0.6) is 0 Å². The van der Waals surface area contributed by atoms with Gasteiger partial charge in [0.2, 0.25) is 0 Å². The second kappa shape index (κ2) is 7.32. The first-order valence-corrected chi connectivity index (χ1v) is 6.94. The quantitative estimate of drug-likeness (QED) is 0.454. The van der Waals surface area contributed by atoms with Crippen LogP contribution < -0.4 is 5.73 Å². The van der Waals surface area contributed by atoms with Gasteiger partial charge >= 0.3 is 5.97 Å². The van der Waals surface area contributed by atoms with Crippen LogP contribution in [0.1, 0.15) is 12.0 Å². The first-order chi connectivity index (χ1) is 8.91. The number of hydrogen-bond acceptors (Lipinski definition) is 5. The molecular formula is C11H13ClN2O4S. The molecule has 6 nitrogen and oxygen atoms in total. The number of nitrogens with zero attached hydrogens (tertiary/aromatic N) is 1. The van der Waals surface area contributed by atoms with E-state index in [4.69, 9.17) is 22.4 Å². The van der Waals surface area contributed by atoms with Crippen LogP contribution in [0.25, 0.3) is 0 Å². The topological polar surface area (TPSA) is 106 Å². The smallest absolute Gasteiger partial charge is 0.320 e. The Hall–Kier alpha value is -1.31. The van der Waals surface area contributed by atoms with Crippen LogP contribution in [0.4, 0.5) is 5.69 Å². The molecule has 8 heteroatoms. The minimum absolute atomic E-state index is 0.0254. The second-order valence-corrected chi connectivity index (χ2v) is 5.36. The van der Waals surface area contributed by atoms with Crippen molar-refractivity contribution >= 4 is 35.0 Å². The van der Waals surface area contributed by atoms with Crippen molar-refractivity contribution in [1.82, 2.24) is 0 Å². The summed E-state index contributed by atoms with van der Waals surface area (Å²) in [6.07, 6.45) is 0.321. The van der Waals surface area contributed by atoms with Gasteiger partial charge in [-0.1, -0.05) is 11.6 Å². The molecule has 1 atom stereocenters. The Bertz CT molecular complexity index is 484. The van der Waals surface area contributed by atoms with Gasteiger partial charge in [0.15, 0.2) is 0 Å². The lowest BCUT2D eigenvalue weighted by Crippen LogP contribution is -2.30. The molecule has 0 saturated heterocycles. The molecule has 0 aliphatic heterocycles. The van der Waals surface area contributed by atoms with E-state index in [-0.39, 0.29) is 5.69 Å². The number of thioether (sulfide) groups is 1. The van der Waals surface area contributed by atoms with Crippen molar-refractivity contribution < 1.29 is 14.8 Å². The summed E-state index contributed by atoms with van der Waals surface area (Å²) in [4.78, 5) is 20.9. The highest BCUT2D eigenvalue weighted by Crippen LogP contribution is 2.26. The molecule has 0 bridgehead atoms. The first kappa shape index (κ1) is 15.7. The molecule has 104 valence electrons. The third kappa shape index (κ3) is 5.06. The van der Waals surface area contributed by atoms with E-state index in [9.17, 15) is 14.9 Å². The lowest BCUT2D eigenvalue weighted by molar-refractivity contribution is -0.385. The summed E-state index contributed by atoms with van der Waals surface area (Å²) >= 11 is 7.10. The minimum atomic E-state index is -1.04. The van der Waals surface area contributed by atoms with Crippen molar-refractivity contribution in [3.8, 4) is 0 Å². The minimum Gasteiger partial charge on any atom is -0.480 e. The van der Waals surface area contributed by atoms with Gasteiger partial charge in [-0.3, -0.25) is 14.9 Å². The van der Waals surface area contributed by atoms with Crippen LogP contribution in [-0.2, 0) is 10.5 Å². The average molecular weight is 305 g/mol. The summed E-state index contributed by atoms with van der Waals surface area (Å²) in [5.74, 6) is -0.106. The fraction of sp³-hybridized carbons (Fsp3) is 0.364. The van der Waals surface area contributed by atoms with Gasteiger partial charge in [-0.05, 0) is 24.3 Å². The Morgan fingerprint density at radius 3 is 2.84 bits per heavy atom. The molecule has 19 heavy (non-hydrogen) atoms. The molecule has 0 aromatic heterocycles. The van der Waals surface area contributed by atoms with E-state index in [1.54, 1.807) is 12.1 Å². The average Bonchev–Trinajstić information content (AvgIpc) is 2.35. The van der Waals surface area contributed by atoms with E-state index in [0.717, 1.165) is 0 Å². The van der Waals surface area contributed by atoms with Crippen LogP contribution in [0.3, 0.4) is 0 Å². The van der Waals surface area contributed by atoms with Crippen LogP contribution in [0, 0.1) is 10.1 Å². The summed E-state index contributed by atoms with van der Waals surface area (Å²) in [6.45, 7) is 0. The summed E-state index contributed by atoms with van der Waals surface area (Å²) in [5.41, 5.74) is 5.89. The fourth-order valence-corrected chi connectivity index (χ4v) is 2.54. The number of carboxylic acid groups (broad SMARTS) is 1. The normalized spacial score (nSPS) is 12.1. The third-order valence-electron chi connectivity index (χ3n) is 2.39. The number of aliphatic carboxylic acids is 1. The number of carbonyl (C=O) groups is 1. The van der Waals surface area contributed by atoms with E-state index in [2.05, 4.69) is 0 Å². The predicted octanol–water partition coefficient (Wildman–Crippen LogP) is 2.28. The van der Waals surface area contributed by atoms with Crippen molar-refractivity contribution in [2.75, 3.05) is 5.75 Å². The number of nitrogens with two attached hydrogens (primary N) is 1. The monoisotopic (exact) mass is 304 g/mol. The zero-order chi connectivity index (χ0) is 14.4. The maximum absolute atomic E-state index is 10.8. The number of carboxylic acids is 1. The summed E-state index contributed by atoms with van der Waals surface area (Å²) in [6, 6.07) is 3.60. The molecule has 0 aliphatic rings. The van der Waals surface area contributed by atoms with Crippen LogP contribution in [0.15, 0.2) is 18.2 Å². The Labute approximate surface area is 119 Å². The van der Waals surface area contributed by atoms with Gasteiger partial charge in [-0.2, -0.15) is 11.8 Å². The van der Waals surface area contributed by atoms with Gasteiger partial charge in [-0.25, -0.2) is 0 Å². The van der Waals surface area contributed by atoms with E-state index < -0.39 is 16.9 Å². The molecule has 1 aromatic rings. The zero-order valence-electron chi connectivity index (χ0n) is 9.91. The molecule has 0 aliphatic carbocycles. The highest BCUT2D eigenvalue weighted by atomic mass is 35.5. The summed E-state index contributed by atoms with van der Waals surface area (Å²) < 4.78 is 0. The maximum atomic E-state index is 10.8. The largest absolute Gasteiger partial charge is 0.480 e. The molecule has 0 saturated carbocycles. The van der Waals surface area contributed by atoms with Crippen LogP contribution in [-0.4, -0.2) is 27.8 Å². The van der Waals surface area contributed by atoms with Crippen molar-refractivity contribution in [2.24, 2.45) is 5.73 Å². The lowest BCUT2D eigenvalue weighted by atomic mass is 10.2. The van der Waals surface area contributed by atoms with Gasteiger partial charge in [0.1, 0.15) is 6.04 Å². The van der Waals surface area contributed by atoms with Crippen molar-refractivity contribution in [3.05, 3.63) is 38.9 Å². The molecule has 0 radical (unpaired) electrons. The fourth-order valence-electron chi connectivity index (χ4n) is 1.34. The molecule has 1 unspecified atom stereocenters. The number of nitro benzene ring substituents is 1. The highest BCUT2D eigenvalue weighted by molar-refractivity contribution is 7.98. The number of benzene rings is 1. The summed E-state index contributed by atoms with van der Waals surface area (Å²) in [7, 11) is 0. The van der Waals surface area contributed by atoms with Gasteiger partial charge in [0.05, 0.1) is 4.92 Å². The van der Waals surface area contributed by atoms with Crippen molar-refractivity contribution in [1.29, 1.82) is 0 Å². The SMILES string of the molecule is NC(CCSCc1ccc(Cl)cc1[N+](=O)[O-])C(=O)O. The number of halogens is 1. The molecule has 0 amide bonds. The number of nitro groups is 1. The molecular weight excluding hydrogens is 292 g/mol. The van der Waals surface area contributed by atoms with Gasteiger partial charge in [0.25, 0.3) is 5.69 Å². The second-order valence-electron chi connectivity index (χ2n) is 3.82. The number of hydrogen-bond donors (Lipinski definition) is 2. The Kier molecular flexibility index (Phi) is 6.07. The van der Waals surface area contributed by atoms with Gasteiger partial charge in [0, 0.05) is 22.4 Å². The molecule has 0 heterocycles. The Morgan fingerprint density at radius 1 is 1.58 bits per heavy atom. The first-order valence-electron chi connectivity index (χ1n) is 5.40. The third-order valence-corrected chi connectivity index (χ3v) is 3.67. The standard InChI is InChI=1S/C11H13ClN2O4S/c12-8-2-1-7(10(5-8)14(17)18)6-19-4-3-9(13)11(15)16/h1-2,5,9H,3-4,6,13H2,(H,15,16). The summed E-state index contributed by atoms with van der Waals surface area (Å²) in [5, 5.41) is 19.8. The van der Waals surface area contributed by atoms with E-state index in [1.807, 2.05) is 0 Å². The van der Waals surface area contributed by atoms with E-state index in [0.29, 0.717) is 28.5 Å². The molecule has 0 spiro atoms. The van der Waals surface area contributed by atoms with Crippen LogP contribution >= 0.6 is 23.4 Å². The lowest BCUT2D eigenvalue weighted by Gasteiger charge is -2.06.